The number of hydrogen-bond acceptors (Lipinski definition) is 6. The van der Waals surface area contributed by atoms with Crippen LogP contribution in [-0.4, -0.2) is 102 Å². The predicted octanol–water partition coefficient (Wildman–Crippen LogP) is 3.47. The molecule has 1 aromatic carbocycles. The second kappa shape index (κ2) is 12.9. The molecule has 10 nitrogen and oxygen atoms in total. The maximum absolute atomic E-state index is 13.8. The molecule has 0 aliphatic carbocycles. The molecule has 1 aromatic heterocycles. The average molecular weight is 564 g/mol. The highest BCUT2D eigenvalue weighted by atomic mass is 16.5. The van der Waals surface area contributed by atoms with Gasteiger partial charge in [0.1, 0.15) is 5.75 Å². The summed E-state index contributed by atoms with van der Waals surface area (Å²) in [4.78, 5) is 51.1. The van der Waals surface area contributed by atoms with Gasteiger partial charge in [-0.05, 0) is 48.6 Å². The maximum atomic E-state index is 13.8. The van der Waals surface area contributed by atoms with Crippen molar-refractivity contribution in [2.24, 2.45) is 5.92 Å². The van der Waals surface area contributed by atoms with Gasteiger partial charge in [-0.3, -0.25) is 19.5 Å². The summed E-state index contributed by atoms with van der Waals surface area (Å²) in [6.45, 7) is 5.69. The molecule has 0 bridgehead atoms. The number of carbonyl (C=O) groups is 3. The van der Waals surface area contributed by atoms with E-state index in [9.17, 15) is 19.5 Å². The molecule has 10 heteroatoms. The number of aliphatic carboxylic acids is 1. The number of nitrogens with zero attached hydrogens (tertiary/aromatic N) is 5. The number of urea groups is 1. The van der Waals surface area contributed by atoms with E-state index in [0.29, 0.717) is 39.2 Å². The number of carboxylic acid groups (broad SMARTS) is 1. The summed E-state index contributed by atoms with van der Waals surface area (Å²) < 4.78 is 5.69. The van der Waals surface area contributed by atoms with E-state index in [0.717, 1.165) is 54.8 Å². The molecular formula is C31H41N5O5. The van der Waals surface area contributed by atoms with Crippen LogP contribution < -0.4 is 9.64 Å². The normalized spacial score (nSPS) is 22.5. The molecule has 3 aliphatic heterocycles. The highest BCUT2D eigenvalue weighted by Gasteiger charge is 2.47. The molecule has 0 radical (unpaired) electrons. The van der Waals surface area contributed by atoms with E-state index in [2.05, 4.69) is 18.0 Å². The van der Waals surface area contributed by atoms with Gasteiger partial charge in [-0.1, -0.05) is 25.5 Å². The summed E-state index contributed by atoms with van der Waals surface area (Å²) in [7, 11) is 1.80. The number of benzene rings is 1. The first-order valence-electron chi connectivity index (χ1n) is 14.8. The van der Waals surface area contributed by atoms with Gasteiger partial charge in [0, 0.05) is 64.3 Å². The molecule has 220 valence electrons. The number of carboxylic acids is 1. The number of unbranched alkanes of at least 4 members (excludes halogenated alkanes) is 1. The van der Waals surface area contributed by atoms with E-state index in [4.69, 9.17) is 4.74 Å². The molecule has 0 saturated carbocycles. The molecule has 2 saturated heterocycles. The molecule has 2 fully saturated rings. The lowest BCUT2D eigenvalue weighted by molar-refractivity contribution is -0.143. The number of carbonyl (C=O) groups excluding carboxylic acids is 2. The van der Waals surface area contributed by atoms with Gasteiger partial charge in [0.15, 0.2) is 0 Å². The average Bonchev–Trinajstić information content (AvgIpc) is 3.59. The van der Waals surface area contributed by atoms with Crippen LogP contribution in [0, 0.1) is 5.92 Å². The molecule has 3 amide bonds. The SMILES string of the molecule is CCCCN(C(=O)CN1CC(c2ccc3c(c2)CCO3)C(C(=O)O)C1CCN1CCCN(C)C1=O)c1cccnc1. The van der Waals surface area contributed by atoms with Crippen LogP contribution in [0.1, 0.15) is 49.7 Å². The molecule has 2 aromatic rings. The van der Waals surface area contributed by atoms with Crippen LogP contribution in [0.25, 0.3) is 0 Å². The Kier molecular flexibility index (Phi) is 9.07. The standard InChI is InChI=1S/C31H41N5O5/c1-3-4-15-36(24-7-5-12-32-19-24)28(37)21-35-20-25(22-8-9-27-23(18-22)11-17-41-27)29(30(38)39)26(35)10-16-34-14-6-13-33(2)31(34)40/h5,7-9,12,18-19,25-26,29H,3-4,6,10-11,13-17,20-21H2,1-2H3,(H,38,39). The van der Waals surface area contributed by atoms with Crippen molar-refractivity contribution in [3.8, 4) is 5.75 Å². The summed E-state index contributed by atoms with van der Waals surface area (Å²) >= 11 is 0. The highest BCUT2D eigenvalue weighted by molar-refractivity contribution is 5.94. The molecule has 4 heterocycles. The quantitative estimate of drug-likeness (QED) is 0.446. The van der Waals surface area contributed by atoms with Crippen molar-refractivity contribution in [2.45, 2.75) is 51.0 Å². The first kappa shape index (κ1) is 28.9. The van der Waals surface area contributed by atoms with Gasteiger partial charge in [0.2, 0.25) is 5.91 Å². The van der Waals surface area contributed by atoms with E-state index < -0.39 is 17.9 Å². The van der Waals surface area contributed by atoms with Gasteiger partial charge in [-0.25, -0.2) is 4.79 Å². The third-order valence-electron chi connectivity index (χ3n) is 8.72. The number of amides is 3. The number of hydrogen-bond donors (Lipinski definition) is 1. The van der Waals surface area contributed by atoms with Crippen LogP contribution in [0.2, 0.25) is 0 Å². The summed E-state index contributed by atoms with van der Waals surface area (Å²) in [5.41, 5.74) is 2.81. The second-order valence-corrected chi connectivity index (χ2v) is 11.4. The number of rotatable bonds is 11. The van der Waals surface area contributed by atoms with Crippen molar-refractivity contribution >= 4 is 23.6 Å². The van der Waals surface area contributed by atoms with Crippen LogP contribution in [0.15, 0.2) is 42.7 Å². The van der Waals surface area contributed by atoms with E-state index in [-0.39, 0.29) is 24.4 Å². The van der Waals surface area contributed by atoms with Gasteiger partial charge in [-0.15, -0.1) is 0 Å². The third kappa shape index (κ3) is 6.32. The van der Waals surface area contributed by atoms with Crippen LogP contribution in [0.5, 0.6) is 5.75 Å². The highest BCUT2D eigenvalue weighted by Crippen LogP contribution is 2.41. The molecule has 41 heavy (non-hydrogen) atoms. The van der Waals surface area contributed by atoms with Crippen molar-refractivity contribution in [3.63, 3.8) is 0 Å². The summed E-state index contributed by atoms with van der Waals surface area (Å²) in [6, 6.07) is 9.28. The fourth-order valence-corrected chi connectivity index (χ4v) is 6.54. The Morgan fingerprint density at radius 2 is 2.07 bits per heavy atom. The minimum Gasteiger partial charge on any atom is -0.493 e. The zero-order valence-corrected chi connectivity index (χ0v) is 24.1. The van der Waals surface area contributed by atoms with Crippen molar-refractivity contribution in [2.75, 3.05) is 57.8 Å². The molecule has 5 rings (SSSR count). The fraction of sp³-hybridized carbons (Fsp3) is 0.548. The number of likely N-dealkylation sites (tertiary alicyclic amines) is 1. The van der Waals surface area contributed by atoms with Crippen molar-refractivity contribution in [3.05, 3.63) is 53.9 Å². The van der Waals surface area contributed by atoms with Crippen LogP contribution in [0.4, 0.5) is 10.5 Å². The number of pyridine rings is 1. The van der Waals surface area contributed by atoms with Gasteiger partial charge < -0.3 is 24.5 Å². The van der Waals surface area contributed by atoms with Gasteiger partial charge in [-0.2, -0.15) is 0 Å². The lowest BCUT2D eigenvalue weighted by atomic mass is 9.83. The lowest BCUT2D eigenvalue weighted by Gasteiger charge is -2.35. The smallest absolute Gasteiger partial charge is 0.319 e. The van der Waals surface area contributed by atoms with Crippen LogP contribution >= 0.6 is 0 Å². The van der Waals surface area contributed by atoms with Gasteiger partial charge in [0.05, 0.1) is 31.0 Å². The van der Waals surface area contributed by atoms with Crippen LogP contribution in [0.3, 0.4) is 0 Å². The van der Waals surface area contributed by atoms with Crippen LogP contribution in [-0.2, 0) is 16.0 Å². The number of anilines is 1. The summed E-state index contributed by atoms with van der Waals surface area (Å²) in [5, 5.41) is 10.6. The Morgan fingerprint density at radius 3 is 2.83 bits per heavy atom. The van der Waals surface area contributed by atoms with Crippen molar-refractivity contribution in [1.29, 1.82) is 0 Å². The Labute approximate surface area is 241 Å². The number of fused-ring (bicyclic) bond motifs is 1. The molecule has 3 atom stereocenters. The Morgan fingerprint density at radius 1 is 1.22 bits per heavy atom. The van der Waals surface area contributed by atoms with E-state index >= 15 is 0 Å². The zero-order chi connectivity index (χ0) is 28.9. The Hall–Kier alpha value is -3.66. The molecule has 3 unspecified atom stereocenters. The van der Waals surface area contributed by atoms with E-state index in [1.165, 1.54) is 0 Å². The minimum atomic E-state index is -0.871. The zero-order valence-electron chi connectivity index (χ0n) is 24.1. The van der Waals surface area contributed by atoms with E-state index in [1.54, 1.807) is 29.2 Å². The second-order valence-electron chi connectivity index (χ2n) is 11.4. The molecule has 1 N–H and O–H groups in total. The lowest BCUT2D eigenvalue weighted by Crippen LogP contribution is -2.50. The minimum absolute atomic E-state index is 0.0266. The summed E-state index contributed by atoms with van der Waals surface area (Å²) in [6.07, 6.45) is 7.35. The van der Waals surface area contributed by atoms with Crippen molar-refractivity contribution in [1.82, 2.24) is 19.7 Å². The Balaban J connectivity index is 1.42. The number of ether oxygens (including phenoxy) is 1. The van der Waals surface area contributed by atoms with Gasteiger partial charge in [0.25, 0.3) is 0 Å². The third-order valence-corrected chi connectivity index (χ3v) is 8.72. The first-order chi connectivity index (χ1) is 19.9. The monoisotopic (exact) mass is 563 g/mol. The number of aromatic nitrogens is 1. The first-order valence-corrected chi connectivity index (χ1v) is 14.8. The summed E-state index contributed by atoms with van der Waals surface area (Å²) in [5.74, 6) is -1.07. The van der Waals surface area contributed by atoms with Crippen molar-refractivity contribution < 1.29 is 24.2 Å². The Bertz CT molecular complexity index is 1240. The van der Waals surface area contributed by atoms with E-state index in [1.807, 2.05) is 34.1 Å². The topological polar surface area (TPSA) is 107 Å². The molecular weight excluding hydrogens is 522 g/mol. The fourth-order valence-electron chi connectivity index (χ4n) is 6.54. The predicted molar refractivity (Wildman–Crippen MR) is 155 cm³/mol. The largest absolute Gasteiger partial charge is 0.493 e. The maximum Gasteiger partial charge on any atom is 0.319 e. The van der Waals surface area contributed by atoms with Gasteiger partial charge >= 0.3 is 12.0 Å². The molecule has 3 aliphatic rings. The molecule has 0 spiro atoms.